The van der Waals surface area contributed by atoms with Crippen molar-refractivity contribution in [3.63, 3.8) is 0 Å². The first-order valence-corrected chi connectivity index (χ1v) is 5.37. The third-order valence-electron chi connectivity index (χ3n) is 2.34. The topological polar surface area (TPSA) is 49.3 Å². The van der Waals surface area contributed by atoms with Gasteiger partial charge in [-0.1, -0.05) is 37.3 Å². The van der Waals surface area contributed by atoms with E-state index in [9.17, 15) is 9.90 Å². The van der Waals surface area contributed by atoms with E-state index in [1.165, 1.54) is 6.08 Å². The van der Waals surface area contributed by atoms with Gasteiger partial charge in [-0.15, -0.1) is 0 Å². The fourth-order valence-electron chi connectivity index (χ4n) is 1.52. The molecule has 0 aliphatic rings. The zero-order chi connectivity index (χ0) is 11.8. The molecular formula is C13H17NO2. The number of aliphatic hydroxyl groups is 1. The summed E-state index contributed by atoms with van der Waals surface area (Å²) in [6.07, 6.45) is 3.96. The van der Waals surface area contributed by atoms with Gasteiger partial charge in [-0.05, 0) is 23.7 Å². The van der Waals surface area contributed by atoms with Gasteiger partial charge in [-0.2, -0.15) is 0 Å². The lowest BCUT2D eigenvalue weighted by Gasteiger charge is -2.15. The number of nitrogens with one attached hydrogen (secondary N) is 1. The summed E-state index contributed by atoms with van der Waals surface area (Å²) in [6.45, 7) is 2.90. The molecule has 0 aromatic heterocycles. The Bertz CT molecular complexity index is 343. The molecule has 1 unspecified atom stereocenters. The van der Waals surface area contributed by atoms with Gasteiger partial charge in [-0.25, -0.2) is 0 Å². The van der Waals surface area contributed by atoms with Gasteiger partial charge in [0.2, 0.25) is 0 Å². The van der Waals surface area contributed by atoms with Crippen molar-refractivity contribution in [1.29, 1.82) is 0 Å². The van der Waals surface area contributed by atoms with E-state index in [0.29, 0.717) is 0 Å². The van der Waals surface area contributed by atoms with Crippen molar-refractivity contribution in [3.05, 3.63) is 41.5 Å². The van der Waals surface area contributed by atoms with Gasteiger partial charge in [-0.3, -0.25) is 4.79 Å². The molecule has 0 fully saturated rings. The summed E-state index contributed by atoms with van der Waals surface area (Å²) in [7, 11) is 0. The van der Waals surface area contributed by atoms with Gasteiger partial charge in [0.05, 0.1) is 12.6 Å². The van der Waals surface area contributed by atoms with Gasteiger partial charge in [0, 0.05) is 0 Å². The molecule has 0 spiro atoms. The largest absolute Gasteiger partial charge is 0.394 e. The summed E-state index contributed by atoms with van der Waals surface area (Å²) in [5, 5.41) is 12.4. The Morgan fingerprint density at radius 1 is 1.38 bits per heavy atom. The highest BCUT2D eigenvalue weighted by molar-refractivity contribution is 5.73. The summed E-state index contributed by atoms with van der Waals surface area (Å²) in [4.78, 5) is 10.2. The molecule has 0 amide bonds. The third-order valence-corrected chi connectivity index (χ3v) is 2.34. The minimum absolute atomic E-state index is 0.0194. The van der Waals surface area contributed by atoms with Crippen molar-refractivity contribution in [2.75, 3.05) is 13.2 Å². The Morgan fingerprint density at radius 3 is 2.56 bits per heavy atom. The number of aldehydes is 1. The SMILES string of the molecule is CCNC(CO)c1ccc(/C=C/C=O)cc1. The second kappa shape index (κ2) is 6.93. The molecule has 0 aliphatic carbocycles. The van der Waals surface area contributed by atoms with Crippen LogP contribution in [0.2, 0.25) is 0 Å². The number of carbonyl (C=O) groups is 1. The molecular weight excluding hydrogens is 202 g/mol. The maximum Gasteiger partial charge on any atom is 0.142 e. The molecule has 0 heterocycles. The minimum atomic E-state index is -0.0194. The number of likely N-dealkylation sites (N-methyl/N-ethyl adjacent to an activating group) is 1. The second-order valence-corrected chi connectivity index (χ2v) is 3.45. The first-order valence-electron chi connectivity index (χ1n) is 5.37. The van der Waals surface area contributed by atoms with Crippen LogP contribution in [-0.2, 0) is 4.79 Å². The van der Waals surface area contributed by atoms with Crippen LogP contribution in [0.15, 0.2) is 30.3 Å². The molecule has 86 valence electrons. The van der Waals surface area contributed by atoms with Crippen LogP contribution >= 0.6 is 0 Å². The predicted octanol–water partition coefficient (Wildman–Crippen LogP) is 1.54. The minimum Gasteiger partial charge on any atom is -0.394 e. The van der Waals surface area contributed by atoms with Crippen LogP contribution in [0.3, 0.4) is 0 Å². The molecule has 3 nitrogen and oxygen atoms in total. The van der Waals surface area contributed by atoms with Gasteiger partial charge >= 0.3 is 0 Å². The fraction of sp³-hybridized carbons (Fsp3) is 0.308. The molecule has 0 saturated carbocycles. The average molecular weight is 219 g/mol. The van der Waals surface area contributed by atoms with Crippen molar-refractivity contribution in [2.45, 2.75) is 13.0 Å². The highest BCUT2D eigenvalue weighted by Gasteiger charge is 2.07. The monoisotopic (exact) mass is 219 g/mol. The van der Waals surface area contributed by atoms with E-state index < -0.39 is 0 Å². The number of rotatable bonds is 6. The molecule has 0 bridgehead atoms. The maximum atomic E-state index is 10.2. The normalized spacial score (nSPS) is 12.9. The van der Waals surface area contributed by atoms with Crippen molar-refractivity contribution >= 4 is 12.4 Å². The average Bonchev–Trinajstić information content (AvgIpc) is 2.34. The fourth-order valence-corrected chi connectivity index (χ4v) is 1.52. The van der Waals surface area contributed by atoms with Crippen LogP contribution in [0.25, 0.3) is 6.08 Å². The van der Waals surface area contributed by atoms with Crippen LogP contribution in [-0.4, -0.2) is 24.5 Å². The highest BCUT2D eigenvalue weighted by atomic mass is 16.3. The van der Waals surface area contributed by atoms with Gasteiger partial charge < -0.3 is 10.4 Å². The number of hydrogen-bond acceptors (Lipinski definition) is 3. The number of aliphatic hydroxyl groups excluding tert-OH is 1. The third kappa shape index (κ3) is 3.61. The smallest absolute Gasteiger partial charge is 0.142 e. The Labute approximate surface area is 95.8 Å². The molecule has 0 aliphatic heterocycles. The summed E-state index contributed by atoms with van der Waals surface area (Å²) < 4.78 is 0. The Hall–Kier alpha value is -1.45. The lowest BCUT2D eigenvalue weighted by atomic mass is 10.1. The maximum absolute atomic E-state index is 10.2. The first-order chi connectivity index (χ1) is 7.81. The first kappa shape index (κ1) is 12.6. The van der Waals surface area contributed by atoms with Crippen molar-refractivity contribution in [2.24, 2.45) is 0 Å². The van der Waals surface area contributed by atoms with Crippen LogP contribution < -0.4 is 5.32 Å². The van der Waals surface area contributed by atoms with Crippen LogP contribution in [0.4, 0.5) is 0 Å². The highest BCUT2D eigenvalue weighted by Crippen LogP contribution is 2.14. The zero-order valence-electron chi connectivity index (χ0n) is 9.39. The van der Waals surface area contributed by atoms with E-state index >= 15 is 0 Å². The second-order valence-electron chi connectivity index (χ2n) is 3.45. The molecule has 1 rings (SSSR count). The van der Waals surface area contributed by atoms with E-state index in [1.54, 1.807) is 6.08 Å². The predicted molar refractivity (Wildman–Crippen MR) is 65.0 cm³/mol. The van der Waals surface area contributed by atoms with E-state index in [4.69, 9.17) is 0 Å². The standard InChI is InChI=1S/C13H17NO2/c1-2-14-13(10-16)12-7-5-11(6-8-12)4-3-9-15/h3-9,13-14,16H,2,10H2,1H3/b4-3+. The van der Waals surface area contributed by atoms with Crippen molar-refractivity contribution < 1.29 is 9.90 Å². The summed E-state index contributed by atoms with van der Waals surface area (Å²) in [5.74, 6) is 0. The summed E-state index contributed by atoms with van der Waals surface area (Å²) >= 11 is 0. The molecule has 16 heavy (non-hydrogen) atoms. The van der Waals surface area contributed by atoms with Gasteiger partial charge in [0.15, 0.2) is 0 Å². The number of carbonyl (C=O) groups excluding carboxylic acids is 1. The Kier molecular flexibility index (Phi) is 5.46. The number of hydrogen-bond donors (Lipinski definition) is 2. The van der Waals surface area contributed by atoms with Crippen LogP contribution in [0.5, 0.6) is 0 Å². The van der Waals surface area contributed by atoms with E-state index in [1.807, 2.05) is 31.2 Å². The van der Waals surface area contributed by atoms with E-state index in [2.05, 4.69) is 5.32 Å². The van der Waals surface area contributed by atoms with Gasteiger partial charge in [0.1, 0.15) is 6.29 Å². The van der Waals surface area contributed by atoms with E-state index in [-0.39, 0.29) is 12.6 Å². The molecule has 1 aromatic rings. The Morgan fingerprint density at radius 2 is 2.06 bits per heavy atom. The molecule has 1 aromatic carbocycles. The lowest BCUT2D eigenvalue weighted by molar-refractivity contribution is -0.104. The van der Waals surface area contributed by atoms with E-state index in [0.717, 1.165) is 24.0 Å². The molecule has 3 heteroatoms. The van der Waals surface area contributed by atoms with Crippen molar-refractivity contribution in [3.8, 4) is 0 Å². The molecule has 0 radical (unpaired) electrons. The number of allylic oxidation sites excluding steroid dienone is 1. The van der Waals surface area contributed by atoms with Gasteiger partial charge in [0.25, 0.3) is 0 Å². The molecule has 2 N–H and O–H groups in total. The lowest BCUT2D eigenvalue weighted by Crippen LogP contribution is -2.23. The summed E-state index contributed by atoms with van der Waals surface area (Å²) in [5.41, 5.74) is 2.02. The zero-order valence-corrected chi connectivity index (χ0v) is 9.39. The van der Waals surface area contributed by atoms with Crippen molar-refractivity contribution in [1.82, 2.24) is 5.32 Å². The molecule has 0 saturated heterocycles. The van der Waals surface area contributed by atoms with Crippen LogP contribution in [0.1, 0.15) is 24.1 Å². The van der Waals surface area contributed by atoms with Crippen LogP contribution in [0, 0.1) is 0 Å². The Balaban J connectivity index is 2.76. The quantitative estimate of drug-likeness (QED) is 0.563. The molecule has 1 atom stereocenters. The number of benzene rings is 1. The summed E-state index contributed by atoms with van der Waals surface area (Å²) in [6, 6.07) is 7.74.